The van der Waals surface area contributed by atoms with E-state index in [4.69, 9.17) is 14.7 Å². The first kappa shape index (κ1) is 31.6. The Morgan fingerprint density at radius 3 is 2.73 bits per heavy atom. The minimum absolute atomic E-state index is 0.0856. The number of rotatable bonds is 9. The van der Waals surface area contributed by atoms with Crippen LogP contribution >= 0.6 is 0 Å². The van der Waals surface area contributed by atoms with Gasteiger partial charge in [0.2, 0.25) is 5.91 Å². The van der Waals surface area contributed by atoms with Crippen LogP contribution in [0, 0.1) is 18.3 Å². The number of piperazine rings is 1. The number of carbonyl (C=O) groups is 1. The normalized spacial score (nSPS) is 20.0. The van der Waals surface area contributed by atoms with Crippen molar-refractivity contribution in [1.29, 1.82) is 5.26 Å². The number of likely N-dealkylation sites (tertiary alicyclic amines) is 1. The third-order valence-electron chi connectivity index (χ3n) is 10.0. The number of fused-ring (bicyclic) bond motifs is 2. The number of nitrogens with zero attached hydrogens (tertiary/aromatic N) is 9. The highest BCUT2D eigenvalue weighted by molar-refractivity contribution is 5.97. The molecular formula is C37H43N9O2. The van der Waals surface area contributed by atoms with Crippen LogP contribution in [0.25, 0.3) is 10.8 Å². The van der Waals surface area contributed by atoms with E-state index in [1.54, 1.807) is 17.0 Å². The SMILES string of the molecule is Cc1cccc2cccc(N3CCc4c(nc(OCC5CCCN5C)nc4N4CCN(C(=O)/C=C/Cn5cccn5)C(CC#N)C4)C3)c12. The van der Waals surface area contributed by atoms with E-state index in [-0.39, 0.29) is 18.4 Å². The number of benzene rings is 2. The molecule has 11 heteroatoms. The van der Waals surface area contributed by atoms with Gasteiger partial charge in [0.1, 0.15) is 12.4 Å². The van der Waals surface area contributed by atoms with Crippen LogP contribution in [0.2, 0.25) is 0 Å². The van der Waals surface area contributed by atoms with E-state index in [1.165, 1.54) is 28.4 Å². The molecule has 4 aromatic rings. The van der Waals surface area contributed by atoms with Crippen LogP contribution in [0.3, 0.4) is 0 Å². The van der Waals surface area contributed by atoms with E-state index in [2.05, 4.69) is 76.2 Å². The van der Waals surface area contributed by atoms with E-state index in [9.17, 15) is 10.1 Å². The van der Waals surface area contributed by atoms with Crippen molar-refractivity contribution in [3.63, 3.8) is 0 Å². The van der Waals surface area contributed by atoms with Gasteiger partial charge in [-0.05, 0) is 62.9 Å². The van der Waals surface area contributed by atoms with Crippen LogP contribution in [-0.4, -0.2) is 93.9 Å². The van der Waals surface area contributed by atoms with Crippen molar-refractivity contribution >= 4 is 28.2 Å². The van der Waals surface area contributed by atoms with Gasteiger partial charge in [0.05, 0.1) is 37.3 Å². The third kappa shape index (κ3) is 6.58. The average Bonchev–Trinajstić information content (AvgIpc) is 3.78. The molecular weight excluding hydrogens is 602 g/mol. The number of carbonyl (C=O) groups excluding carboxylic acids is 1. The zero-order chi connectivity index (χ0) is 33.0. The maximum atomic E-state index is 13.3. The van der Waals surface area contributed by atoms with Gasteiger partial charge in [0, 0.05) is 67.3 Å². The van der Waals surface area contributed by atoms with Crippen molar-refractivity contribution in [3.05, 3.63) is 83.8 Å². The second-order valence-electron chi connectivity index (χ2n) is 13.1. The zero-order valence-corrected chi connectivity index (χ0v) is 27.8. The van der Waals surface area contributed by atoms with E-state index in [0.717, 1.165) is 43.0 Å². The number of hydrogen-bond donors (Lipinski definition) is 0. The number of likely N-dealkylation sites (N-methyl/N-ethyl adjacent to an activating group) is 1. The van der Waals surface area contributed by atoms with Gasteiger partial charge in [-0.25, -0.2) is 0 Å². The summed E-state index contributed by atoms with van der Waals surface area (Å²) in [4.78, 5) is 32.2. The molecule has 2 fully saturated rings. The fourth-order valence-corrected chi connectivity index (χ4v) is 7.43. The van der Waals surface area contributed by atoms with Crippen molar-refractivity contribution < 1.29 is 9.53 Å². The number of amides is 1. The van der Waals surface area contributed by atoms with Crippen molar-refractivity contribution in [2.24, 2.45) is 0 Å². The first-order chi connectivity index (χ1) is 23.5. The van der Waals surface area contributed by atoms with Gasteiger partial charge in [-0.2, -0.15) is 20.3 Å². The van der Waals surface area contributed by atoms with Crippen molar-refractivity contribution in [2.45, 2.75) is 57.8 Å². The Kier molecular flexibility index (Phi) is 9.25. The second-order valence-corrected chi connectivity index (χ2v) is 13.1. The lowest BCUT2D eigenvalue weighted by Gasteiger charge is -2.42. The summed E-state index contributed by atoms with van der Waals surface area (Å²) in [6.45, 7) is 7.44. The maximum absolute atomic E-state index is 13.3. The minimum Gasteiger partial charge on any atom is -0.462 e. The van der Waals surface area contributed by atoms with Crippen molar-refractivity contribution in [3.8, 4) is 12.1 Å². The summed E-state index contributed by atoms with van der Waals surface area (Å²) < 4.78 is 8.12. The van der Waals surface area contributed by atoms with Gasteiger partial charge in [0.25, 0.3) is 0 Å². The Bertz CT molecular complexity index is 1830. The molecule has 0 N–H and O–H groups in total. The fourth-order valence-electron chi connectivity index (χ4n) is 7.43. The van der Waals surface area contributed by atoms with Crippen LogP contribution in [0.4, 0.5) is 11.5 Å². The molecule has 2 unspecified atom stereocenters. The molecule has 248 valence electrons. The summed E-state index contributed by atoms with van der Waals surface area (Å²) in [5.74, 6) is 0.783. The molecule has 2 atom stereocenters. The molecule has 3 aliphatic heterocycles. The Hall–Kier alpha value is -4.95. The van der Waals surface area contributed by atoms with Gasteiger partial charge < -0.3 is 24.3 Å². The molecule has 2 aromatic heterocycles. The van der Waals surface area contributed by atoms with E-state index in [1.807, 2.05) is 23.2 Å². The Morgan fingerprint density at radius 1 is 1.06 bits per heavy atom. The maximum Gasteiger partial charge on any atom is 0.318 e. The van der Waals surface area contributed by atoms with Crippen LogP contribution < -0.4 is 14.5 Å². The number of allylic oxidation sites excluding steroid dienone is 1. The van der Waals surface area contributed by atoms with E-state index in [0.29, 0.717) is 51.4 Å². The monoisotopic (exact) mass is 645 g/mol. The number of aryl methyl sites for hydroxylation is 1. The fraction of sp³-hybridized carbons (Fsp3) is 0.432. The average molecular weight is 646 g/mol. The predicted octanol–water partition coefficient (Wildman–Crippen LogP) is 4.36. The largest absolute Gasteiger partial charge is 0.462 e. The molecule has 0 aliphatic carbocycles. The molecule has 0 radical (unpaired) electrons. The quantitative estimate of drug-likeness (QED) is 0.246. The van der Waals surface area contributed by atoms with E-state index >= 15 is 0 Å². The van der Waals surface area contributed by atoms with Gasteiger partial charge in [-0.3, -0.25) is 9.48 Å². The smallest absolute Gasteiger partial charge is 0.318 e. The molecule has 2 saturated heterocycles. The topological polar surface area (TPSA) is 107 Å². The summed E-state index contributed by atoms with van der Waals surface area (Å²) >= 11 is 0. The summed E-state index contributed by atoms with van der Waals surface area (Å²) in [6.07, 6.45) is 10.3. The number of aromatic nitrogens is 4. The lowest BCUT2D eigenvalue weighted by atomic mass is 9.99. The van der Waals surface area contributed by atoms with Crippen LogP contribution in [0.15, 0.2) is 67.0 Å². The predicted molar refractivity (Wildman–Crippen MR) is 186 cm³/mol. The Morgan fingerprint density at radius 2 is 1.94 bits per heavy atom. The summed E-state index contributed by atoms with van der Waals surface area (Å²) in [6, 6.07) is 17.6. The number of nitriles is 1. The molecule has 3 aliphatic rings. The van der Waals surface area contributed by atoms with E-state index < -0.39 is 0 Å². The molecule has 0 spiro atoms. The van der Waals surface area contributed by atoms with Gasteiger partial charge in [-0.1, -0.05) is 36.4 Å². The first-order valence-corrected chi connectivity index (χ1v) is 17.0. The first-order valence-electron chi connectivity index (χ1n) is 17.0. The van der Waals surface area contributed by atoms with Gasteiger partial charge >= 0.3 is 6.01 Å². The second kappa shape index (κ2) is 14.0. The van der Waals surface area contributed by atoms with Crippen LogP contribution in [-0.2, 0) is 24.3 Å². The number of hydrogen-bond acceptors (Lipinski definition) is 9. The molecule has 11 nitrogen and oxygen atoms in total. The Balaban J connectivity index is 1.16. The highest BCUT2D eigenvalue weighted by atomic mass is 16.5. The number of anilines is 2. The molecule has 0 bridgehead atoms. The molecule has 1 amide bonds. The summed E-state index contributed by atoms with van der Waals surface area (Å²) in [5.41, 5.74) is 4.58. The highest BCUT2D eigenvalue weighted by Gasteiger charge is 2.34. The standard InChI is InChI=1S/C37H43N9O2/c1-27-8-3-9-28-10-4-12-33(35(27)28)43-21-15-31-32(25-43)40-37(48-26-30-11-5-18-42(30)2)41-36(31)44-22-23-46(29(24-44)14-16-38)34(47)13-6-19-45-20-7-17-39-45/h3-4,6-10,12-13,17,20,29-30H,5,11,14-15,18-19,21-26H2,1-2H3/b13-6+. The lowest BCUT2D eigenvalue weighted by Crippen LogP contribution is -2.55. The lowest BCUT2D eigenvalue weighted by molar-refractivity contribution is -0.128. The number of ether oxygens (including phenoxy) is 1. The zero-order valence-electron chi connectivity index (χ0n) is 27.8. The minimum atomic E-state index is -0.258. The van der Waals surface area contributed by atoms with Crippen molar-refractivity contribution in [1.82, 2.24) is 29.5 Å². The van der Waals surface area contributed by atoms with Crippen molar-refractivity contribution in [2.75, 3.05) is 56.2 Å². The van der Waals surface area contributed by atoms with Gasteiger partial charge in [0.15, 0.2) is 0 Å². The van der Waals surface area contributed by atoms with Gasteiger partial charge in [-0.15, -0.1) is 0 Å². The highest BCUT2D eigenvalue weighted by Crippen LogP contribution is 2.36. The molecule has 7 rings (SSSR count). The summed E-state index contributed by atoms with van der Waals surface area (Å²) in [7, 11) is 2.15. The Labute approximate surface area is 282 Å². The van der Waals surface area contributed by atoms with Crippen LogP contribution in [0.5, 0.6) is 6.01 Å². The van der Waals surface area contributed by atoms with Crippen LogP contribution in [0.1, 0.15) is 36.1 Å². The molecule has 48 heavy (non-hydrogen) atoms. The third-order valence-corrected chi connectivity index (χ3v) is 10.0. The molecule has 5 heterocycles. The summed E-state index contributed by atoms with van der Waals surface area (Å²) in [5, 5.41) is 16.5. The molecule has 2 aromatic carbocycles. The molecule has 0 saturated carbocycles.